The van der Waals surface area contributed by atoms with Crippen LogP contribution in [0.1, 0.15) is 43.3 Å². The van der Waals surface area contributed by atoms with Crippen molar-refractivity contribution >= 4 is 5.78 Å². The second-order valence-corrected chi connectivity index (χ2v) is 5.86. The van der Waals surface area contributed by atoms with E-state index < -0.39 is 18.4 Å². The number of hydrogen-bond donors (Lipinski definition) is 0. The van der Waals surface area contributed by atoms with Crippen LogP contribution >= 0.6 is 0 Å². The van der Waals surface area contributed by atoms with Crippen molar-refractivity contribution < 1.29 is 22.5 Å². The van der Waals surface area contributed by atoms with Gasteiger partial charge in [-0.2, -0.15) is 18.2 Å². The molecule has 0 N–H and O–H groups in total. The zero-order valence-electron chi connectivity index (χ0n) is 11.6. The zero-order chi connectivity index (χ0) is 15.2. The molecule has 21 heavy (non-hydrogen) atoms. The number of nitrogens with zero attached hydrogens (tertiary/aromatic N) is 3. The van der Waals surface area contributed by atoms with Gasteiger partial charge in [-0.25, -0.2) is 0 Å². The topological polar surface area (TPSA) is 59.2 Å². The molecule has 0 aliphatic carbocycles. The maximum atomic E-state index is 12.2. The minimum absolute atomic E-state index is 0.109. The Labute approximate surface area is 119 Å². The molecule has 8 heteroatoms. The van der Waals surface area contributed by atoms with Gasteiger partial charge in [-0.3, -0.25) is 4.79 Å². The van der Waals surface area contributed by atoms with E-state index >= 15 is 0 Å². The van der Waals surface area contributed by atoms with E-state index in [9.17, 15) is 18.0 Å². The van der Waals surface area contributed by atoms with Crippen LogP contribution in [-0.4, -0.2) is 46.1 Å². The van der Waals surface area contributed by atoms with Gasteiger partial charge in [-0.1, -0.05) is 5.16 Å². The van der Waals surface area contributed by atoms with Gasteiger partial charge in [-0.05, 0) is 32.7 Å². The molecule has 0 spiro atoms. The standard InChI is InChI=1S/C13H16F3N3O2/c1-19-8-2-3-9(19)5-7(4-8)12-17-11(21-18-12)6-10(20)13(14,15)16/h7-9H,2-6H2,1H3. The van der Waals surface area contributed by atoms with Crippen molar-refractivity contribution in [3.8, 4) is 0 Å². The van der Waals surface area contributed by atoms with Crippen molar-refractivity contribution in [2.24, 2.45) is 0 Å². The second kappa shape index (κ2) is 5.08. The highest BCUT2D eigenvalue weighted by molar-refractivity contribution is 5.85. The zero-order valence-corrected chi connectivity index (χ0v) is 11.6. The highest BCUT2D eigenvalue weighted by Crippen LogP contribution is 2.41. The molecule has 0 amide bonds. The molecule has 0 radical (unpaired) electrons. The summed E-state index contributed by atoms with van der Waals surface area (Å²) < 4.78 is 41.4. The predicted octanol–water partition coefficient (Wildman–Crippen LogP) is 2.08. The first-order valence-electron chi connectivity index (χ1n) is 6.99. The summed E-state index contributed by atoms with van der Waals surface area (Å²) >= 11 is 0. The number of aromatic nitrogens is 2. The number of rotatable bonds is 3. The predicted molar refractivity (Wildman–Crippen MR) is 65.6 cm³/mol. The molecule has 2 bridgehead atoms. The van der Waals surface area contributed by atoms with Gasteiger partial charge in [0, 0.05) is 18.0 Å². The number of halogens is 3. The number of carbonyl (C=O) groups excluding carboxylic acids is 1. The lowest BCUT2D eigenvalue weighted by Crippen LogP contribution is -2.39. The van der Waals surface area contributed by atoms with Crippen LogP contribution in [0.15, 0.2) is 4.52 Å². The van der Waals surface area contributed by atoms with Crippen LogP contribution in [-0.2, 0) is 11.2 Å². The fraction of sp³-hybridized carbons (Fsp3) is 0.769. The summed E-state index contributed by atoms with van der Waals surface area (Å²) in [5, 5.41) is 3.77. The maximum absolute atomic E-state index is 12.2. The number of piperidine rings is 1. The summed E-state index contributed by atoms with van der Waals surface area (Å²) in [4.78, 5) is 17.3. The normalized spacial score (nSPS) is 29.8. The maximum Gasteiger partial charge on any atom is 0.450 e. The minimum Gasteiger partial charge on any atom is -0.339 e. The monoisotopic (exact) mass is 303 g/mol. The molecular weight excluding hydrogens is 287 g/mol. The highest BCUT2D eigenvalue weighted by Gasteiger charge is 2.41. The molecule has 2 aliphatic heterocycles. The summed E-state index contributed by atoms with van der Waals surface area (Å²) in [5.74, 6) is -1.57. The molecule has 3 rings (SSSR count). The Morgan fingerprint density at radius 3 is 2.52 bits per heavy atom. The fourth-order valence-corrected chi connectivity index (χ4v) is 3.37. The third-order valence-electron chi connectivity index (χ3n) is 4.58. The molecule has 3 heterocycles. The number of fused-ring (bicyclic) bond motifs is 2. The first-order chi connectivity index (χ1) is 9.84. The van der Waals surface area contributed by atoms with Crippen LogP contribution in [0.4, 0.5) is 13.2 Å². The number of hydrogen-bond acceptors (Lipinski definition) is 5. The van der Waals surface area contributed by atoms with Crippen molar-refractivity contribution in [3.63, 3.8) is 0 Å². The summed E-state index contributed by atoms with van der Waals surface area (Å²) in [6, 6.07) is 0.958. The largest absolute Gasteiger partial charge is 0.450 e. The smallest absolute Gasteiger partial charge is 0.339 e. The lowest BCUT2D eigenvalue weighted by atomic mass is 9.90. The minimum atomic E-state index is -4.86. The molecular formula is C13H16F3N3O2. The van der Waals surface area contributed by atoms with Crippen LogP contribution in [0, 0.1) is 0 Å². The fourth-order valence-electron chi connectivity index (χ4n) is 3.37. The van der Waals surface area contributed by atoms with E-state index in [4.69, 9.17) is 4.52 Å². The summed E-state index contributed by atoms with van der Waals surface area (Å²) in [6.45, 7) is 0. The van der Waals surface area contributed by atoms with Gasteiger partial charge in [-0.15, -0.1) is 0 Å². The molecule has 0 saturated carbocycles. The van der Waals surface area contributed by atoms with Gasteiger partial charge in [0.2, 0.25) is 11.7 Å². The number of Topliss-reactive ketones (excluding diaryl/α,β-unsaturated/α-hetero) is 1. The quantitative estimate of drug-likeness (QED) is 0.855. The Hall–Kier alpha value is -1.44. The molecule has 2 aliphatic rings. The summed E-state index contributed by atoms with van der Waals surface area (Å²) in [7, 11) is 2.10. The van der Waals surface area contributed by atoms with E-state index in [1.54, 1.807) is 0 Å². The Balaban J connectivity index is 1.67. The number of carbonyl (C=O) groups is 1. The third-order valence-corrected chi connectivity index (χ3v) is 4.58. The Morgan fingerprint density at radius 1 is 1.33 bits per heavy atom. The van der Waals surface area contributed by atoms with E-state index in [2.05, 4.69) is 22.1 Å². The molecule has 116 valence electrons. The number of ketones is 1. The molecule has 1 aromatic heterocycles. The lowest BCUT2D eigenvalue weighted by Gasteiger charge is -2.34. The van der Waals surface area contributed by atoms with E-state index in [-0.39, 0.29) is 11.8 Å². The van der Waals surface area contributed by atoms with Gasteiger partial charge >= 0.3 is 6.18 Å². The molecule has 2 atom stereocenters. The highest BCUT2D eigenvalue weighted by atomic mass is 19.4. The van der Waals surface area contributed by atoms with Gasteiger partial charge in [0.1, 0.15) is 0 Å². The summed E-state index contributed by atoms with van der Waals surface area (Å²) in [6.07, 6.45) is -1.69. The molecule has 5 nitrogen and oxygen atoms in total. The van der Waals surface area contributed by atoms with Crippen LogP contribution in [0.5, 0.6) is 0 Å². The first-order valence-corrected chi connectivity index (χ1v) is 6.99. The molecule has 2 unspecified atom stereocenters. The Morgan fingerprint density at radius 2 is 1.95 bits per heavy atom. The van der Waals surface area contributed by atoms with Crippen molar-refractivity contribution in [1.29, 1.82) is 0 Å². The van der Waals surface area contributed by atoms with E-state index in [0.717, 1.165) is 25.7 Å². The summed E-state index contributed by atoms with van der Waals surface area (Å²) in [5.41, 5.74) is 0. The molecule has 2 fully saturated rings. The first kappa shape index (κ1) is 14.5. The van der Waals surface area contributed by atoms with Crippen molar-refractivity contribution in [2.75, 3.05) is 7.05 Å². The van der Waals surface area contributed by atoms with Crippen LogP contribution in [0.3, 0.4) is 0 Å². The number of alkyl halides is 3. The van der Waals surface area contributed by atoms with Gasteiger partial charge in [0.15, 0.2) is 5.82 Å². The Kier molecular flexibility index (Phi) is 3.51. The SMILES string of the molecule is CN1C2CCC1CC(c1noc(CC(=O)C(F)(F)F)n1)C2. The molecule has 2 saturated heterocycles. The second-order valence-electron chi connectivity index (χ2n) is 5.86. The average molecular weight is 303 g/mol. The molecule has 0 aromatic carbocycles. The third kappa shape index (κ3) is 2.81. The van der Waals surface area contributed by atoms with Crippen molar-refractivity contribution in [1.82, 2.24) is 15.0 Å². The van der Waals surface area contributed by atoms with Gasteiger partial charge in [0.25, 0.3) is 0 Å². The van der Waals surface area contributed by atoms with E-state index in [1.165, 1.54) is 0 Å². The van der Waals surface area contributed by atoms with Crippen LogP contribution in [0.25, 0.3) is 0 Å². The van der Waals surface area contributed by atoms with Gasteiger partial charge in [0.05, 0.1) is 6.42 Å². The Bertz CT molecular complexity index is 529. The van der Waals surface area contributed by atoms with E-state index in [0.29, 0.717) is 17.9 Å². The molecule has 1 aromatic rings. The van der Waals surface area contributed by atoms with Crippen LogP contribution < -0.4 is 0 Å². The van der Waals surface area contributed by atoms with Crippen molar-refractivity contribution in [3.05, 3.63) is 11.7 Å². The van der Waals surface area contributed by atoms with E-state index in [1.807, 2.05) is 0 Å². The lowest BCUT2D eigenvalue weighted by molar-refractivity contribution is -0.170. The average Bonchev–Trinajstić information content (AvgIpc) is 2.91. The van der Waals surface area contributed by atoms with Crippen molar-refractivity contribution in [2.45, 2.75) is 56.3 Å². The van der Waals surface area contributed by atoms with Gasteiger partial charge < -0.3 is 9.42 Å². The van der Waals surface area contributed by atoms with Crippen LogP contribution in [0.2, 0.25) is 0 Å².